The number of carbonyl (C=O) groups is 1. The molecule has 116 valence electrons. The number of hydrogen-bond acceptors (Lipinski definition) is 5. The third-order valence-corrected chi connectivity index (χ3v) is 5.83. The minimum Gasteiger partial charge on any atom is -0.466 e. The molecule has 2 heterocycles. The van der Waals surface area contributed by atoms with Crippen molar-refractivity contribution in [1.82, 2.24) is 4.31 Å². The number of piperidine rings is 1. The number of esters is 1. The number of carbonyl (C=O) groups excluding carboxylic acids is 1. The maximum absolute atomic E-state index is 12.3. The monoisotopic (exact) mass is 305 g/mol. The Kier molecular flexibility index (Phi) is 5.40. The molecule has 2 aliphatic heterocycles. The molecule has 20 heavy (non-hydrogen) atoms. The number of hydrogen-bond donors (Lipinski definition) is 0. The smallest absolute Gasteiger partial charge is 0.309 e. The van der Waals surface area contributed by atoms with Crippen LogP contribution in [0.5, 0.6) is 0 Å². The molecule has 2 fully saturated rings. The summed E-state index contributed by atoms with van der Waals surface area (Å²) < 4.78 is 36.4. The highest BCUT2D eigenvalue weighted by atomic mass is 32.2. The van der Waals surface area contributed by atoms with Crippen LogP contribution in [-0.4, -0.2) is 56.9 Å². The minimum atomic E-state index is -3.27. The minimum absolute atomic E-state index is 0.0665. The summed E-state index contributed by atoms with van der Waals surface area (Å²) in [5, 5.41) is 0. The van der Waals surface area contributed by atoms with Gasteiger partial charge >= 0.3 is 5.97 Å². The van der Waals surface area contributed by atoms with Gasteiger partial charge < -0.3 is 9.47 Å². The van der Waals surface area contributed by atoms with Crippen LogP contribution < -0.4 is 0 Å². The molecule has 0 saturated carbocycles. The SMILES string of the molecule is CCOC(=O)C1CCN(S(=O)(=O)CC2CCCO2)CC1. The molecule has 0 aromatic rings. The summed E-state index contributed by atoms with van der Waals surface area (Å²) in [5.41, 5.74) is 0. The van der Waals surface area contributed by atoms with Gasteiger partial charge in [0.15, 0.2) is 0 Å². The Morgan fingerprint density at radius 3 is 2.55 bits per heavy atom. The van der Waals surface area contributed by atoms with Gasteiger partial charge in [-0.2, -0.15) is 0 Å². The van der Waals surface area contributed by atoms with E-state index >= 15 is 0 Å². The quantitative estimate of drug-likeness (QED) is 0.702. The Balaban J connectivity index is 1.84. The highest BCUT2D eigenvalue weighted by Gasteiger charge is 2.33. The molecule has 0 radical (unpaired) electrons. The summed E-state index contributed by atoms with van der Waals surface area (Å²) in [6.07, 6.45) is 2.68. The summed E-state index contributed by atoms with van der Waals surface area (Å²) in [4.78, 5) is 11.6. The van der Waals surface area contributed by atoms with Crippen LogP contribution in [0.2, 0.25) is 0 Å². The molecule has 0 amide bonds. The first-order valence-corrected chi connectivity index (χ1v) is 8.90. The van der Waals surface area contributed by atoms with Crippen LogP contribution >= 0.6 is 0 Å². The van der Waals surface area contributed by atoms with Crippen LogP contribution in [0.15, 0.2) is 0 Å². The van der Waals surface area contributed by atoms with Crippen LogP contribution in [-0.2, 0) is 24.3 Å². The predicted molar refractivity (Wildman–Crippen MR) is 73.7 cm³/mol. The second-order valence-corrected chi connectivity index (χ2v) is 7.35. The Hall–Kier alpha value is -0.660. The van der Waals surface area contributed by atoms with Gasteiger partial charge in [0.05, 0.1) is 24.4 Å². The van der Waals surface area contributed by atoms with Gasteiger partial charge in [-0.15, -0.1) is 0 Å². The van der Waals surface area contributed by atoms with Crippen molar-refractivity contribution >= 4 is 16.0 Å². The molecule has 0 aromatic carbocycles. The molecule has 2 saturated heterocycles. The zero-order valence-corrected chi connectivity index (χ0v) is 12.7. The summed E-state index contributed by atoms with van der Waals surface area (Å²) in [7, 11) is -3.27. The van der Waals surface area contributed by atoms with E-state index in [4.69, 9.17) is 9.47 Å². The first-order chi connectivity index (χ1) is 9.53. The first kappa shape index (κ1) is 15.7. The van der Waals surface area contributed by atoms with Crippen molar-refractivity contribution in [3.05, 3.63) is 0 Å². The lowest BCUT2D eigenvalue weighted by Gasteiger charge is -2.30. The van der Waals surface area contributed by atoms with Gasteiger partial charge in [0, 0.05) is 19.7 Å². The Morgan fingerprint density at radius 1 is 1.30 bits per heavy atom. The molecule has 0 spiro atoms. The molecule has 1 atom stereocenters. The lowest BCUT2D eigenvalue weighted by molar-refractivity contribution is -0.149. The molecule has 6 nitrogen and oxygen atoms in total. The second-order valence-electron chi connectivity index (χ2n) is 5.34. The Morgan fingerprint density at radius 2 is 2.00 bits per heavy atom. The van der Waals surface area contributed by atoms with E-state index in [2.05, 4.69) is 0 Å². The first-order valence-electron chi connectivity index (χ1n) is 7.29. The normalized spacial score (nSPS) is 25.8. The van der Waals surface area contributed by atoms with Crippen molar-refractivity contribution in [2.75, 3.05) is 32.1 Å². The molecule has 1 unspecified atom stereocenters. The summed E-state index contributed by atoms with van der Waals surface area (Å²) >= 11 is 0. The van der Waals surface area contributed by atoms with E-state index in [9.17, 15) is 13.2 Å². The topological polar surface area (TPSA) is 72.9 Å². The number of sulfonamides is 1. The third-order valence-electron chi connectivity index (χ3n) is 3.89. The van der Waals surface area contributed by atoms with Crippen LogP contribution in [0.3, 0.4) is 0 Å². The lowest BCUT2D eigenvalue weighted by Crippen LogP contribution is -2.43. The third kappa shape index (κ3) is 3.93. The Labute approximate surface area is 120 Å². The van der Waals surface area contributed by atoms with E-state index in [0.717, 1.165) is 12.8 Å². The van der Waals surface area contributed by atoms with Crippen molar-refractivity contribution in [1.29, 1.82) is 0 Å². The predicted octanol–water partition coefficient (Wildman–Crippen LogP) is 0.770. The van der Waals surface area contributed by atoms with Crippen LogP contribution in [0, 0.1) is 5.92 Å². The summed E-state index contributed by atoms with van der Waals surface area (Å²) in [5.74, 6) is -0.301. The van der Waals surface area contributed by atoms with E-state index in [0.29, 0.717) is 39.1 Å². The van der Waals surface area contributed by atoms with Crippen LogP contribution in [0.25, 0.3) is 0 Å². The lowest BCUT2D eigenvalue weighted by atomic mass is 9.98. The number of ether oxygens (including phenoxy) is 2. The van der Waals surface area contributed by atoms with Gasteiger partial charge in [-0.1, -0.05) is 0 Å². The fourth-order valence-corrected chi connectivity index (χ4v) is 4.46. The van der Waals surface area contributed by atoms with Crippen molar-refractivity contribution < 1.29 is 22.7 Å². The second kappa shape index (κ2) is 6.87. The highest BCUT2D eigenvalue weighted by Crippen LogP contribution is 2.23. The zero-order chi connectivity index (χ0) is 14.6. The number of nitrogens with zero attached hydrogens (tertiary/aromatic N) is 1. The fourth-order valence-electron chi connectivity index (χ4n) is 2.75. The van der Waals surface area contributed by atoms with E-state index in [1.54, 1.807) is 6.92 Å². The average Bonchev–Trinajstić information content (AvgIpc) is 2.91. The molecule has 0 aromatic heterocycles. The zero-order valence-electron chi connectivity index (χ0n) is 11.9. The van der Waals surface area contributed by atoms with Gasteiger partial charge in [0.1, 0.15) is 0 Å². The fraction of sp³-hybridized carbons (Fsp3) is 0.923. The van der Waals surface area contributed by atoms with Gasteiger partial charge in [0.2, 0.25) is 10.0 Å². The maximum Gasteiger partial charge on any atom is 0.309 e. The number of rotatable bonds is 5. The molecule has 0 aliphatic carbocycles. The molecule has 7 heteroatoms. The largest absolute Gasteiger partial charge is 0.466 e. The summed E-state index contributed by atoms with van der Waals surface area (Å²) in [6.45, 7) is 3.61. The molecule has 0 bridgehead atoms. The van der Waals surface area contributed by atoms with E-state index < -0.39 is 10.0 Å². The molecular weight excluding hydrogens is 282 g/mol. The molecular formula is C13H23NO5S. The molecule has 2 rings (SSSR count). The van der Waals surface area contributed by atoms with Gasteiger partial charge in [-0.25, -0.2) is 12.7 Å². The van der Waals surface area contributed by atoms with E-state index in [1.165, 1.54) is 4.31 Å². The highest BCUT2D eigenvalue weighted by molar-refractivity contribution is 7.89. The average molecular weight is 305 g/mol. The van der Waals surface area contributed by atoms with Crippen LogP contribution in [0.1, 0.15) is 32.6 Å². The Bertz CT molecular complexity index is 422. The van der Waals surface area contributed by atoms with Gasteiger partial charge in [-0.05, 0) is 32.6 Å². The van der Waals surface area contributed by atoms with Crippen molar-refractivity contribution in [3.63, 3.8) is 0 Å². The standard InChI is InChI=1S/C13H23NO5S/c1-2-18-13(15)11-5-7-14(8-6-11)20(16,17)10-12-4-3-9-19-12/h11-12H,2-10H2,1H3. The van der Waals surface area contributed by atoms with Crippen molar-refractivity contribution in [2.45, 2.75) is 38.7 Å². The van der Waals surface area contributed by atoms with Crippen LogP contribution in [0.4, 0.5) is 0 Å². The maximum atomic E-state index is 12.3. The molecule has 0 N–H and O–H groups in total. The van der Waals surface area contributed by atoms with E-state index in [1.807, 2.05) is 0 Å². The van der Waals surface area contributed by atoms with Crippen molar-refractivity contribution in [2.24, 2.45) is 5.92 Å². The van der Waals surface area contributed by atoms with Gasteiger partial charge in [-0.3, -0.25) is 4.79 Å². The van der Waals surface area contributed by atoms with Crippen molar-refractivity contribution in [3.8, 4) is 0 Å². The summed E-state index contributed by atoms with van der Waals surface area (Å²) in [6, 6.07) is 0. The molecule has 2 aliphatic rings. The van der Waals surface area contributed by atoms with E-state index in [-0.39, 0.29) is 23.7 Å². The van der Waals surface area contributed by atoms with Gasteiger partial charge in [0.25, 0.3) is 0 Å².